The van der Waals surface area contributed by atoms with Gasteiger partial charge in [-0.1, -0.05) is 30.7 Å². The van der Waals surface area contributed by atoms with Gasteiger partial charge < -0.3 is 15.0 Å². The summed E-state index contributed by atoms with van der Waals surface area (Å²) >= 11 is 5.93. The predicted molar refractivity (Wildman–Crippen MR) is 139 cm³/mol. The van der Waals surface area contributed by atoms with E-state index in [9.17, 15) is 18.0 Å². The maximum Gasteiger partial charge on any atom is 0.242 e. The molecule has 8 nitrogen and oxygen atoms in total. The number of benzene rings is 2. The molecule has 2 rings (SSSR count). The second-order valence-corrected chi connectivity index (χ2v) is 10.4. The van der Waals surface area contributed by atoms with Crippen molar-refractivity contribution in [1.82, 2.24) is 10.2 Å². The molecule has 0 fully saturated rings. The van der Waals surface area contributed by atoms with Gasteiger partial charge in [-0.25, -0.2) is 8.42 Å². The number of nitrogens with zero attached hydrogens (tertiary/aromatic N) is 2. The average Bonchev–Trinajstić information content (AvgIpc) is 2.82. The van der Waals surface area contributed by atoms with Crippen LogP contribution in [-0.2, 0) is 26.2 Å². The quantitative estimate of drug-likeness (QED) is 0.430. The molecule has 2 amide bonds. The maximum absolute atomic E-state index is 13.3. The molecular formula is C25H34ClN3O5S. The molecule has 0 saturated carbocycles. The van der Waals surface area contributed by atoms with Crippen molar-refractivity contribution in [1.29, 1.82) is 0 Å². The Labute approximate surface area is 213 Å². The number of anilines is 1. The number of carbonyl (C=O) groups is 2. The summed E-state index contributed by atoms with van der Waals surface area (Å²) in [6.45, 7) is 4.53. The van der Waals surface area contributed by atoms with Crippen LogP contribution in [0.5, 0.6) is 5.75 Å². The Balaban J connectivity index is 2.19. The second-order valence-electron chi connectivity index (χ2n) is 8.10. The summed E-state index contributed by atoms with van der Waals surface area (Å²) in [6.07, 6.45) is 1.96. The van der Waals surface area contributed by atoms with E-state index in [1.54, 1.807) is 48.4 Å². The number of hydrogen-bond acceptors (Lipinski definition) is 5. The van der Waals surface area contributed by atoms with Crippen LogP contribution in [0.3, 0.4) is 0 Å². The molecule has 0 spiro atoms. The minimum absolute atomic E-state index is 0.0890. The number of rotatable bonds is 13. The summed E-state index contributed by atoms with van der Waals surface area (Å²) in [7, 11) is -1.98. The Bertz CT molecular complexity index is 1080. The summed E-state index contributed by atoms with van der Waals surface area (Å²) in [5.74, 6) is 0.268. The first-order valence-electron chi connectivity index (χ1n) is 11.5. The van der Waals surface area contributed by atoms with E-state index in [0.29, 0.717) is 35.8 Å². The maximum atomic E-state index is 13.3. The number of ether oxygens (including phenoxy) is 1. The first-order chi connectivity index (χ1) is 16.6. The molecular weight excluding hydrogens is 490 g/mol. The molecule has 0 aliphatic carbocycles. The molecule has 0 saturated heterocycles. The molecule has 2 aromatic carbocycles. The summed E-state index contributed by atoms with van der Waals surface area (Å²) in [4.78, 5) is 27.6. The Kier molecular flexibility index (Phi) is 10.9. The molecule has 1 atom stereocenters. The molecule has 0 aliphatic heterocycles. The van der Waals surface area contributed by atoms with E-state index in [4.69, 9.17) is 16.3 Å². The third-order valence-corrected chi connectivity index (χ3v) is 6.96. The number of hydrogen-bond donors (Lipinski definition) is 1. The zero-order valence-corrected chi connectivity index (χ0v) is 22.2. The standard InChI is InChI=1S/C25H34ClN3O5S/c1-5-23(25(31)27-6-2)28(18-19-9-15-22(34-3)16-10-19)24(30)8-7-17-29(35(4,32)33)21-13-11-20(26)12-14-21/h9-16,23H,5-8,17-18H2,1-4H3,(H,27,31)/t23-/m0/s1. The van der Waals surface area contributed by atoms with Crippen LogP contribution in [0, 0.1) is 0 Å². The first kappa shape index (κ1) is 28.5. The summed E-state index contributed by atoms with van der Waals surface area (Å²) < 4.78 is 31.2. The zero-order chi connectivity index (χ0) is 26.0. The van der Waals surface area contributed by atoms with Crippen molar-refractivity contribution in [3.05, 3.63) is 59.1 Å². The topological polar surface area (TPSA) is 96.0 Å². The van der Waals surface area contributed by atoms with Gasteiger partial charge in [-0.15, -0.1) is 0 Å². The van der Waals surface area contributed by atoms with Crippen molar-refractivity contribution in [2.24, 2.45) is 0 Å². The normalized spacial score (nSPS) is 12.0. The molecule has 1 N–H and O–H groups in total. The third-order valence-electron chi connectivity index (χ3n) is 5.52. The van der Waals surface area contributed by atoms with Gasteiger partial charge in [0.05, 0.1) is 19.1 Å². The van der Waals surface area contributed by atoms with Crippen molar-refractivity contribution in [2.45, 2.75) is 45.7 Å². The van der Waals surface area contributed by atoms with E-state index in [1.807, 2.05) is 26.0 Å². The molecule has 192 valence electrons. The highest BCUT2D eigenvalue weighted by molar-refractivity contribution is 7.92. The second kappa shape index (κ2) is 13.3. The van der Waals surface area contributed by atoms with Crippen LogP contribution >= 0.6 is 11.6 Å². The zero-order valence-electron chi connectivity index (χ0n) is 20.7. The summed E-state index contributed by atoms with van der Waals surface area (Å²) in [5, 5.41) is 3.31. The number of halogens is 1. The highest BCUT2D eigenvalue weighted by atomic mass is 35.5. The molecule has 0 heterocycles. The Morgan fingerprint density at radius 3 is 2.20 bits per heavy atom. The molecule has 0 unspecified atom stereocenters. The smallest absolute Gasteiger partial charge is 0.242 e. The molecule has 0 radical (unpaired) electrons. The van der Waals surface area contributed by atoms with Gasteiger partial charge in [-0.2, -0.15) is 0 Å². The van der Waals surface area contributed by atoms with Crippen LogP contribution < -0.4 is 14.4 Å². The van der Waals surface area contributed by atoms with Crippen molar-refractivity contribution < 1.29 is 22.7 Å². The predicted octanol–water partition coefficient (Wildman–Crippen LogP) is 3.84. The lowest BCUT2D eigenvalue weighted by Gasteiger charge is -2.31. The lowest BCUT2D eigenvalue weighted by molar-refractivity contribution is -0.141. The van der Waals surface area contributed by atoms with Gasteiger partial charge in [-0.05, 0) is 61.7 Å². The third kappa shape index (κ3) is 8.43. The van der Waals surface area contributed by atoms with Crippen LogP contribution in [0.15, 0.2) is 48.5 Å². The van der Waals surface area contributed by atoms with Crippen molar-refractivity contribution >= 4 is 39.1 Å². The molecule has 35 heavy (non-hydrogen) atoms. The van der Waals surface area contributed by atoms with Gasteiger partial charge in [0.2, 0.25) is 21.8 Å². The largest absolute Gasteiger partial charge is 0.497 e. The molecule has 0 aliphatic rings. The molecule has 10 heteroatoms. The fraction of sp³-hybridized carbons (Fsp3) is 0.440. The fourth-order valence-corrected chi connectivity index (χ4v) is 4.84. The van der Waals surface area contributed by atoms with E-state index in [-0.39, 0.29) is 31.3 Å². The SMILES string of the molecule is CCNC(=O)[C@H](CC)N(Cc1ccc(OC)cc1)C(=O)CCCN(c1ccc(Cl)cc1)S(C)(=O)=O. The molecule has 0 bridgehead atoms. The number of methoxy groups -OCH3 is 1. The van der Waals surface area contributed by atoms with E-state index in [2.05, 4.69) is 5.32 Å². The number of likely N-dealkylation sites (N-methyl/N-ethyl adjacent to an activating group) is 1. The van der Waals surface area contributed by atoms with Gasteiger partial charge >= 0.3 is 0 Å². The lowest BCUT2D eigenvalue weighted by atomic mass is 10.1. The Morgan fingerprint density at radius 2 is 1.69 bits per heavy atom. The van der Waals surface area contributed by atoms with E-state index >= 15 is 0 Å². The Hall–Kier alpha value is -2.78. The van der Waals surface area contributed by atoms with Crippen molar-refractivity contribution in [3.63, 3.8) is 0 Å². The number of sulfonamides is 1. The fourth-order valence-electron chi connectivity index (χ4n) is 3.75. The van der Waals surface area contributed by atoms with Gasteiger partial charge in [0.25, 0.3) is 0 Å². The van der Waals surface area contributed by atoms with Crippen LogP contribution in [0.25, 0.3) is 0 Å². The van der Waals surface area contributed by atoms with E-state index in [1.165, 1.54) is 4.31 Å². The van der Waals surface area contributed by atoms with Gasteiger partial charge in [0.1, 0.15) is 11.8 Å². The van der Waals surface area contributed by atoms with E-state index in [0.717, 1.165) is 11.8 Å². The number of nitrogens with one attached hydrogen (secondary N) is 1. The summed E-state index contributed by atoms with van der Waals surface area (Å²) in [6, 6.07) is 13.2. The molecule has 0 aromatic heterocycles. The monoisotopic (exact) mass is 523 g/mol. The average molecular weight is 524 g/mol. The first-order valence-corrected chi connectivity index (χ1v) is 13.8. The minimum Gasteiger partial charge on any atom is -0.497 e. The van der Waals surface area contributed by atoms with Crippen LogP contribution in [0.4, 0.5) is 5.69 Å². The van der Waals surface area contributed by atoms with E-state index < -0.39 is 16.1 Å². The highest BCUT2D eigenvalue weighted by Crippen LogP contribution is 2.22. The number of carbonyl (C=O) groups excluding carboxylic acids is 2. The summed E-state index contributed by atoms with van der Waals surface area (Å²) in [5.41, 5.74) is 1.34. The van der Waals surface area contributed by atoms with Crippen LogP contribution in [0.1, 0.15) is 38.7 Å². The van der Waals surface area contributed by atoms with Crippen molar-refractivity contribution in [3.8, 4) is 5.75 Å². The van der Waals surface area contributed by atoms with Gasteiger partial charge in [-0.3, -0.25) is 13.9 Å². The van der Waals surface area contributed by atoms with Crippen LogP contribution in [-0.4, -0.2) is 57.6 Å². The lowest BCUT2D eigenvalue weighted by Crippen LogP contribution is -2.49. The minimum atomic E-state index is -3.56. The van der Waals surface area contributed by atoms with Crippen LogP contribution in [0.2, 0.25) is 5.02 Å². The highest BCUT2D eigenvalue weighted by Gasteiger charge is 2.28. The Morgan fingerprint density at radius 1 is 1.06 bits per heavy atom. The van der Waals surface area contributed by atoms with Gasteiger partial charge in [0, 0.05) is 31.1 Å². The number of amides is 2. The molecule has 2 aromatic rings. The van der Waals surface area contributed by atoms with Gasteiger partial charge in [0.15, 0.2) is 0 Å². The van der Waals surface area contributed by atoms with Crippen molar-refractivity contribution in [2.75, 3.05) is 30.8 Å².